The Hall–Kier alpha value is -1.42. The molecule has 0 saturated carbocycles. The van der Waals surface area contributed by atoms with Crippen molar-refractivity contribution in [1.29, 1.82) is 0 Å². The van der Waals surface area contributed by atoms with Crippen LogP contribution in [-0.4, -0.2) is 11.5 Å². The van der Waals surface area contributed by atoms with Crippen LogP contribution in [0.3, 0.4) is 0 Å². The molecule has 0 aliphatic rings. The van der Waals surface area contributed by atoms with Crippen molar-refractivity contribution in [2.75, 3.05) is 6.54 Å². The van der Waals surface area contributed by atoms with E-state index in [9.17, 15) is 0 Å². The van der Waals surface area contributed by atoms with E-state index in [-0.39, 0.29) is 6.04 Å². The van der Waals surface area contributed by atoms with Gasteiger partial charge in [-0.05, 0) is 35.7 Å². The van der Waals surface area contributed by atoms with Crippen LogP contribution in [-0.2, 0) is 0 Å². The van der Waals surface area contributed by atoms with Gasteiger partial charge in [-0.3, -0.25) is 4.98 Å². The highest BCUT2D eigenvalue weighted by molar-refractivity contribution is 7.16. The zero-order chi connectivity index (χ0) is 13.9. The summed E-state index contributed by atoms with van der Waals surface area (Å²) in [6.07, 6.45) is 3.76. The molecule has 0 radical (unpaired) electrons. The molecule has 0 saturated heterocycles. The van der Waals surface area contributed by atoms with E-state index in [1.807, 2.05) is 24.5 Å². The number of halogens is 1. The van der Waals surface area contributed by atoms with E-state index >= 15 is 0 Å². The van der Waals surface area contributed by atoms with Gasteiger partial charge in [0.15, 0.2) is 0 Å². The summed E-state index contributed by atoms with van der Waals surface area (Å²) in [4.78, 5) is 5.49. The fraction of sp³-hybridized carbons (Fsp3) is 0.188. The highest BCUT2D eigenvalue weighted by Crippen LogP contribution is 2.34. The Morgan fingerprint density at radius 3 is 2.90 bits per heavy atom. The number of rotatable bonds is 4. The summed E-state index contributed by atoms with van der Waals surface area (Å²) in [5.41, 5.74) is 1.25. The number of aromatic nitrogens is 1. The summed E-state index contributed by atoms with van der Waals surface area (Å²) in [5, 5.41) is 5.94. The van der Waals surface area contributed by atoms with Gasteiger partial charge in [-0.15, -0.1) is 11.3 Å². The second kappa shape index (κ2) is 5.92. The lowest BCUT2D eigenvalue weighted by atomic mass is 9.99. The van der Waals surface area contributed by atoms with Gasteiger partial charge in [0.1, 0.15) is 0 Å². The number of hydrogen-bond donors (Lipinski definition) is 1. The zero-order valence-corrected chi connectivity index (χ0v) is 12.7. The first-order valence-corrected chi connectivity index (χ1v) is 7.80. The lowest BCUT2D eigenvalue weighted by Crippen LogP contribution is -2.21. The lowest BCUT2D eigenvalue weighted by Gasteiger charge is -2.18. The van der Waals surface area contributed by atoms with E-state index in [4.69, 9.17) is 11.6 Å². The fourth-order valence-electron chi connectivity index (χ4n) is 2.44. The lowest BCUT2D eigenvalue weighted by molar-refractivity contribution is 0.643. The van der Waals surface area contributed by atoms with Gasteiger partial charge in [0.25, 0.3) is 0 Å². The minimum Gasteiger partial charge on any atom is -0.306 e. The molecule has 0 amide bonds. The predicted octanol–water partition coefficient (Wildman–Crippen LogP) is 4.65. The number of benzene rings is 1. The van der Waals surface area contributed by atoms with Gasteiger partial charge in [0, 0.05) is 22.7 Å². The first kappa shape index (κ1) is 13.6. The van der Waals surface area contributed by atoms with Crippen LogP contribution in [0.5, 0.6) is 0 Å². The standard InChI is InChI=1S/C16H15ClN2S/c1-2-19-16(14-6-7-15(17)20-14)12-5-3-4-11-8-9-18-10-13(11)12/h3-10,16,19H,2H2,1H3. The maximum Gasteiger partial charge on any atom is 0.0931 e. The first-order valence-electron chi connectivity index (χ1n) is 6.61. The summed E-state index contributed by atoms with van der Waals surface area (Å²) in [5.74, 6) is 0. The minimum atomic E-state index is 0.158. The van der Waals surface area contributed by atoms with Crippen LogP contribution in [0.1, 0.15) is 23.4 Å². The molecular formula is C16H15ClN2S. The van der Waals surface area contributed by atoms with E-state index in [0.717, 1.165) is 10.9 Å². The van der Waals surface area contributed by atoms with E-state index in [2.05, 4.69) is 41.5 Å². The molecule has 3 aromatic rings. The predicted molar refractivity (Wildman–Crippen MR) is 86.6 cm³/mol. The molecule has 1 atom stereocenters. The van der Waals surface area contributed by atoms with E-state index in [0.29, 0.717) is 0 Å². The van der Waals surface area contributed by atoms with Crippen molar-refractivity contribution in [3.8, 4) is 0 Å². The Kier molecular flexibility index (Phi) is 4.01. The molecule has 102 valence electrons. The Morgan fingerprint density at radius 2 is 2.15 bits per heavy atom. The Labute approximate surface area is 127 Å². The third-order valence-electron chi connectivity index (χ3n) is 3.32. The molecule has 2 heterocycles. The summed E-state index contributed by atoms with van der Waals surface area (Å²) < 4.78 is 0.821. The summed E-state index contributed by atoms with van der Waals surface area (Å²) in [6, 6.07) is 12.6. The monoisotopic (exact) mass is 302 g/mol. The van der Waals surface area contributed by atoms with Crippen molar-refractivity contribution in [3.63, 3.8) is 0 Å². The smallest absolute Gasteiger partial charge is 0.0931 e. The first-order chi connectivity index (χ1) is 9.79. The van der Waals surface area contributed by atoms with Crippen LogP contribution in [0.15, 0.2) is 48.8 Å². The van der Waals surface area contributed by atoms with Crippen molar-refractivity contribution in [1.82, 2.24) is 10.3 Å². The van der Waals surface area contributed by atoms with Crippen LogP contribution < -0.4 is 5.32 Å². The number of nitrogens with zero attached hydrogens (tertiary/aromatic N) is 1. The number of pyridine rings is 1. The number of thiophene rings is 1. The highest BCUT2D eigenvalue weighted by atomic mass is 35.5. The number of hydrogen-bond acceptors (Lipinski definition) is 3. The second-order valence-corrected chi connectivity index (χ2v) is 6.32. The fourth-order valence-corrected chi connectivity index (χ4v) is 3.60. The minimum absolute atomic E-state index is 0.158. The van der Waals surface area contributed by atoms with Gasteiger partial charge >= 0.3 is 0 Å². The normalized spacial score (nSPS) is 12.7. The summed E-state index contributed by atoms with van der Waals surface area (Å²) >= 11 is 7.71. The van der Waals surface area contributed by atoms with Crippen molar-refractivity contribution < 1.29 is 0 Å². The van der Waals surface area contributed by atoms with Crippen LogP contribution in [0.25, 0.3) is 10.8 Å². The maximum atomic E-state index is 6.09. The zero-order valence-electron chi connectivity index (χ0n) is 11.1. The van der Waals surface area contributed by atoms with Crippen LogP contribution in [0.4, 0.5) is 0 Å². The average Bonchev–Trinajstić information content (AvgIpc) is 2.91. The molecule has 2 nitrogen and oxygen atoms in total. The molecule has 0 spiro atoms. The van der Waals surface area contributed by atoms with Crippen LogP contribution >= 0.6 is 22.9 Å². The van der Waals surface area contributed by atoms with Gasteiger partial charge in [-0.2, -0.15) is 0 Å². The van der Waals surface area contributed by atoms with Gasteiger partial charge in [-0.1, -0.05) is 36.7 Å². The van der Waals surface area contributed by atoms with E-state index in [1.54, 1.807) is 11.3 Å². The van der Waals surface area contributed by atoms with Crippen molar-refractivity contribution >= 4 is 33.7 Å². The topological polar surface area (TPSA) is 24.9 Å². The third kappa shape index (κ3) is 2.57. The molecule has 1 N–H and O–H groups in total. The molecular weight excluding hydrogens is 288 g/mol. The van der Waals surface area contributed by atoms with Crippen molar-refractivity contribution in [2.45, 2.75) is 13.0 Å². The van der Waals surface area contributed by atoms with Gasteiger partial charge < -0.3 is 5.32 Å². The third-order valence-corrected chi connectivity index (χ3v) is 4.61. The van der Waals surface area contributed by atoms with E-state index in [1.165, 1.54) is 21.2 Å². The molecule has 0 fully saturated rings. The molecule has 3 rings (SSSR count). The molecule has 0 aliphatic heterocycles. The number of nitrogens with one attached hydrogen (secondary N) is 1. The van der Waals surface area contributed by atoms with Crippen molar-refractivity contribution in [3.05, 3.63) is 63.6 Å². The Morgan fingerprint density at radius 1 is 1.25 bits per heavy atom. The quantitative estimate of drug-likeness (QED) is 0.759. The highest BCUT2D eigenvalue weighted by Gasteiger charge is 2.17. The summed E-state index contributed by atoms with van der Waals surface area (Å²) in [7, 11) is 0. The molecule has 2 aromatic heterocycles. The van der Waals surface area contributed by atoms with Gasteiger partial charge in [0.2, 0.25) is 0 Å². The molecule has 1 unspecified atom stereocenters. The Bertz CT molecular complexity index is 718. The SMILES string of the molecule is CCNC(c1ccc(Cl)s1)c1cccc2ccncc12. The summed E-state index contributed by atoms with van der Waals surface area (Å²) in [6.45, 7) is 3.02. The second-order valence-electron chi connectivity index (χ2n) is 4.58. The van der Waals surface area contributed by atoms with Gasteiger partial charge in [0.05, 0.1) is 10.4 Å². The van der Waals surface area contributed by atoms with Crippen molar-refractivity contribution in [2.24, 2.45) is 0 Å². The molecule has 4 heteroatoms. The largest absolute Gasteiger partial charge is 0.306 e. The Balaban J connectivity index is 2.14. The van der Waals surface area contributed by atoms with Gasteiger partial charge in [-0.25, -0.2) is 0 Å². The molecule has 1 aromatic carbocycles. The van der Waals surface area contributed by atoms with E-state index < -0.39 is 0 Å². The molecule has 20 heavy (non-hydrogen) atoms. The maximum absolute atomic E-state index is 6.09. The van der Waals surface area contributed by atoms with Crippen LogP contribution in [0.2, 0.25) is 4.34 Å². The average molecular weight is 303 g/mol. The van der Waals surface area contributed by atoms with Crippen LogP contribution in [0, 0.1) is 0 Å². The number of fused-ring (bicyclic) bond motifs is 1. The molecule has 0 bridgehead atoms. The molecule has 0 aliphatic carbocycles.